The largest absolute Gasteiger partial charge is 0.317 e. The fourth-order valence-electron chi connectivity index (χ4n) is 2.78. The first kappa shape index (κ1) is 11.0. The Balaban J connectivity index is 0.000000251. The highest BCUT2D eigenvalue weighted by atomic mass is 14.9. The Morgan fingerprint density at radius 3 is 2.00 bits per heavy atom. The van der Waals surface area contributed by atoms with E-state index in [0.717, 1.165) is 11.3 Å². The van der Waals surface area contributed by atoms with Crippen molar-refractivity contribution in [3.63, 3.8) is 0 Å². The van der Waals surface area contributed by atoms with Gasteiger partial charge in [0.15, 0.2) is 0 Å². The third-order valence-corrected chi connectivity index (χ3v) is 3.23. The van der Waals surface area contributed by atoms with Crippen molar-refractivity contribution in [1.29, 1.82) is 0 Å². The summed E-state index contributed by atoms with van der Waals surface area (Å²) in [6.07, 6.45) is 7.15. The van der Waals surface area contributed by atoms with E-state index in [1.807, 2.05) is 0 Å². The van der Waals surface area contributed by atoms with Gasteiger partial charge in [-0.1, -0.05) is 27.2 Å². The molecular formula is C12H25N. The molecule has 1 heterocycles. The molecule has 78 valence electrons. The molecule has 0 bridgehead atoms. The molecule has 0 amide bonds. The van der Waals surface area contributed by atoms with Gasteiger partial charge in [0.2, 0.25) is 0 Å². The van der Waals surface area contributed by atoms with Crippen molar-refractivity contribution in [3.8, 4) is 0 Å². The van der Waals surface area contributed by atoms with Crippen molar-refractivity contribution in [3.05, 3.63) is 0 Å². The molecule has 2 aliphatic rings. The van der Waals surface area contributed by atoms with Gasteiger partial charge in [-0.25, -0.2) is 0 Å². The molecule has 1 nitrogen and oxygen atoms in total. The molecule has 0 atom stereocenters. The minimum atomic E-state index is 0.810. The number of hydrogen-bond acceptors (Lipinski definition) is 1. The lowest BCUT2D eigenvalue weighted by atomic mass is 9.58. The molecule has 0 aromatic carbocycles. The van der Waals surface area contributed by atoms with E-state index in [1.165, 1.54) is 45.2 Å². The predicted octanol–water partition coefficient (Wildman–Crippen LogP) is 3.20. The van der Waals surface area contributed by atoms with Crippen LogP contribution in [-0.4, -0.2) is 13.1 Å². The molecule has 1 N–H and O–H groups in total. The molecule has 1 saturated carbocycles. The minimum Gasteiger partial charge on any atom is -0.317 e. The van der Waals surface area contributed by atoms with Crippen LogP contribution in [0.3, 0.4) is 0 Å². The Morgan fingerprint density at radius 2 is 1.62 bits per heavy atom. The van der Waals surface area contributed by atoms with Gasteiger partial charge in [0.05, 0.1) is 0 Å². The summed E-state index contributed by atoms with van der Waals surface area (Å²) in [5.41, 5.74) is 0.810. The maximum atomic E-state index is 3.42. The quantitative estimate of drug-likeness (QED) is 0.608. The van der Waals surface area contributed by atoms with Gasteiger partial charge in [-0.2, -0.15) is 0 Å². The second kappa shape index (κ2) is 4.99. The van der Waals surface area contributed by atoms with E-state index in [1.54, 1.807) is 0 Å². The van der Waals surface area contributed by atoms with Gasteiger partial charge in [0.25, 0.3) is 0 Å². The normalized spacial score (nSPS) is 26.1. The molecule has 0 radical (unpaired) electrons. The molecule has 1 aliphatic heterocycles. The van der Waals surface area contributed by atoms with Crippen molar-refractivity contribution in [2.24, 2.45) is 11.3 Å². The summed E-state index contributed by atoms with van der Waals surface area (Å²) in [7, 11) is 0. The van der Waals surface area contributed by atoms with Crippen LogP contribution in [0.2, 0.25) is 0 Å². The van der Waals surface area contributed by atoms with Crippen molar-refractivity contribution in [2.45, 2.75) is 52.9 Å². The third kappa shape index (κ3) is 2.98. The summed E-state index contributed by atoms with van der Waals surface area (Å²) in [6, 6.07) is 0. The number of nitrogens with one attached hydrogen (secondary N) is 1. The summed E-state index contributed by atoms with van der Waals surface area (Å²) in [6.45, 7) is 9.17. The first-order valence-corrected chi connectivity index (χ1v) is 5.93. The zero-order valence-corrected chi connectivity index (χ0v) is 9.53. The van der Waals surface area contributed by atoms with Crippen LogP contribution in [0.25, 0.3) is 0 Å². The molecule has 1 aliphatic carbocycles. The van der Waals surface area contributed by atoms with Crippen molar-refractivity contribution in [1.82, 2.24) is 5.32 Å². The second-order valence-electron chi connectivity index (χ2n) is 4.97. The van der Waals surface area contributed by atoms with Crippen LogP contribution < -0.4 is 5.32 Å². The number of piperidine rings is 1. The fraction of sp³-hybridized carbons (Fsp3) is 1.00. The third-order valence-electron chi connectivity index (χ3n) is 3.23. The number of rotatable bonds is 0. The molecule has 2 rings (SSSR count). The molecular weight excluding hydrogens is 158 g/mol. The van der Waals surface area contributed by atoms with Gasteiger partial charge in [0, 0.05) is 0 Å². The van der Waals surface area contributed by atoms with Gasteiger partial charge in [-0.15, -0.1) is 0 Å². The van der Waals surface area contributed by atoms with Gasteiger partial charge in [-0.3, -0.25) is 0 Å². The molecule has 13 heavy (non-hydrogen) atoms. The fourth-order valence-corrected chi connectivity index (χ4v) is 2.78. The zero-order chi connectivity index (χ0) is 9.73. The maximum Gasteiger partial charge on any atom is -0.00436 e. The average Bonchev–Trinajstić information content (AvgIpc) is 2.05. The van der Waals surface area contributed by atoms with E-state index in [-0.39, 0.29) is 0 Å². The van der Waals surface area contributed by atoms with Crippen LogP contribution in [0.1, 0.15) is 52.9 Å². The topological polar surface area (TPSA) is 12.0 Å². The highest BCUT2D eigenvalue weighted by molar-refractivity contribution is 4.94. The molecule has 0 aromatic rings. The van der Waals surface area contributed by atoms with Gasteiger partial charge < -0.3 is 5.32 Å². The monoisotopic (exact) mass is 183 g/mol. The Bertz CT molecular complexity index is 121. The van der Waals surface area contributed by atoms with E-state index < -0.39 is 0 Å². The highest BCUT2D eigenvalue weighted by Gasteiger charge is 2.41. The van der Waals surface area contributed by atoms with E-state index in [4.69, 9.17) is 0 Å². The minimum absolute atomic E-state index is 0.810. The van der Waals surface area contributed by atoms with Crippen molar-refractivity contribution >= 4 is 0 Å². The summed E-state index contributed by atoms with van der Waals surface area (Å²) >= 11 is 0. The van der Waals surface area contributed by atoms with Crippen LogP contribution in [0.15, 0.2) is 0 Å². The van der Waals surface area contributed by atoms with Gasteiger partial charge >= 0.3 is 0 Å². The van der Waals surface area contributed by atoms with Gasteiger partial charge in [-0.05, 0) is 50.1 Å². The lowest BCUT2D eigenvalue weighted by Crippen LogP contribution is -2.44. The molecule has 1 saturated heterocycles. The Hall–Kier alpha value is -0.0400. The van der Waals surface area contributed by atoms with Crippen LogP contribution in [0, 0.1) is 11.3 Å². The first-order valence-electron chi connectivity index (χ1n) is 5.93. The van der Waals surface area contributed by atoms with E-state index in [9.17, 15) is 0 Å². The Morgan fingerprint density at radius 1 is 1.15 bits per heavy atom. The van der Waals surface area contributed by atoms with Crippen molar-refractivity contribution in [2.75, 3.05) is 13.1 Å². The van der Waals surface area contributed by atoms with Crippen molar-refractivity contribution < 1.29 is 0 Å². The average molecular weight is 183 g/mol. The van der Waals surface area contributed by atoms with Gasteiger partial charge in [0.1, 0.15) is 0 Å². The lowest BCUT2D eigenvalue weighted by molar-refractivity contribution is 0.0315. The highest BCUT2D eigenvalue weighted by Crippen LogP contribution is 2.51. The van der Waals surface area contributed by atoms with Crippen LogP contribution in [0.5, 0.6) is 0 Å². The summed E-state index contributed by atoms with van der Waals surface area (Å²) < 4.78 is 0. The second-order valence-corrected chi connectivity index (χ2v) is 4.97. The SMILES string of the molecule is CC1CC2(CCNCC2)C1.CCC. The van der Waals surface area contributed by atoms with Crippen LogP contribution >= 0.6 is 0 Å². The smallest absolute Gasteiger partial charge is 0.00436 e. The molecule has 0 unspecified atom stereocenters. The molecule has 1 spiro atoms. The summed E-state index contributed by atoms with van der Waals surface area (Å²) in [5, 5.41) is 3.42. The standard InChI is InChI=1S/C9H17N.C3H8/c1-8-6-9(7-8)2-4-10-5-3-9;1-3-2/h8,10H,2-7H2,1H3;3H2,1-2H3. The summed E-state index contributed by atoms with van der Waals surface area (Å²) in [5.74, 6) is 1.03. The van der Waals surface area contributed by atoms with Crippen LogP contribution in [0.4, 0.5) is 0 Å². The predicted molar refractivity (Wildman–Crippen MR) is 58.9 cm³/mol. The molecule has 1 heteroatoms. The van der Waals surface area contributed by atoms with E-state index >= 15 is 0 Å². The first-order chi connectivity index (χ1) is 6.22. The summed E-state index contributed by atoms with van der Waals surface area (Å²) in [4.78, 5) is 0. The Kier molecular flexibility index (Phi) is 4.24. The lowest BCUT2D eigenvalue weighted by Gasteiger charge is -2.49. The molecule has 2 fully saturated rings. The van der Waals surface area contributed by atoms with E-state index in [2.05, 4.69) is 26.1 Å². The number of hydrogen-bond donors (Lipinski definition) is 1. The van der Waals surface area contributed by atoms with E-state index in [0.29, 0.717) is 0 Å². The Labute approximate surface area is 83.3 Å². The van der Waals surface area contributed by atoms with Crippen LogP contribution in [-0.2, 0) is 0 Å². The maximum absolute atomic E-state index is 3.42. The zero-order valence-electron chi connectivity index (χ0n) is 9.53. The molecule has 0 aromatic heterocycles.